The highest BCUT2D eigenvalue weighted by atomic mass is 16.3. The number of hydrogen-bond donors (Lipinski definition) is 0. The van der Waals surface area contributed by atoms with Gasteiger partial charge in [-0.1, -0.05) is 115 Å². The normalized spacial score (nSPS) is 11.4. The molecular formula is C37H23N3O. The van der Waals surface area contributed by atoms with Crippen molar-refractivity contribution in [2.45, 2.75) is 0 Å². The Hall–Kier alpha value is -5.61. The zero-order chi connectivity index (χ0) is 27.2. The highest BCUT2D eigenvalue weighted by Crippen LogP contribution is 2.38. The number of fused-ring (bicyclic) bond motifs is 4. The van der Waals surface area contributed by atoms with Gasteiger partial charge in [-0.3, -0.25) is 0 Å². The fourth-order valence-corrected chi connectivity index (χ4v) is 5.49. The van der Waals surface area contributed by atoms with E-state index < -0.39 is 0 Å². The summed E-state index contributed by atoms with van der Waals surface area (Å²) >= 11 is 0. The number of hydrogen-bond acceptors (Lipinski definition) is 4. The van der Waals surface area contributed by atoms with Gasteiger partial charge in [0.2, 0.25) is 0 Å². The predicted octanol–water partition coefficient (Wildman–Crippen LogP) is 9.59. The van der Waals surface area contributed by atoms with E-state index >= 15 is 0 Å². The van der Waals surface area contributed by atoms with Gasteiger partial charge in [-0.2, -0.15) is 0 Å². The highest BCUT2D eigenvalue weighted by molar-refractivity contribution is 6.12. The Kier molecular flexibility index (Phi) is 5.42. The standard InChI is InChI=1S/C37H23N3O/c1-3-10-24(11-4-1)28-20-21-30-33(23-28)41-32-17-9-16-31(34(30)32)37-39-35(26-13-5-2-6-14-26)38-36(40-37)29-19-18-25-12-7-8-15-27(25)22-29/h1-23H. The zero-order valence-corrected chi connectivity index (χ0v) is 22.0. The van der Waals surface area contributed by atoms with Crippen LogP contribution in [-0.4, -0.2) is 15.0 Å². The van der Waals surface area contributed by atoms with E-state index in [1.165, 1.54) is 5.39 Å². The van der Waals surface area contributed by atoms with Crippen LogP contribution in [0.15, 0.2) is 144 Å². The Morgan fingerprint density at radius 1 is 0.390 bits per heavy atom. The fourth-order valence-electron chi connectivity index (χ4n) is 5.49. The molecule has 0 aliphatic heterocycles. The molecule has 4 nitrogen and oxygen atoms in total. The number of rotatable bonds is 4. The van der Waals surface area contributed by atoms with Crippen molar-refractivity contribution >= 4 is 32.7 Å². The first-order valence-corrected chi connectivity index (χ1v) is 13.6. The van der Waals surface area contributed by atoms with Crippen LogP contribution in [-0.2, 0) is 0 Å². The van der Waals surface area contributed by atoms with Crippen LogP contribution in [0.1, 0.15) is 0 Å². The lowest BCUT2D eigenvalue weighted by Crippen LogP contribution is -2.00. The van der Waals surface area contributed by atoms with Crippen molar-refractivity contribution in [1.82, 2.24) is 15.0 Å². The second-order valence-corrected chi connectivity index (χ2v) is 10.1. The van der Waals surface area contributed by atoms with Crippen molar-refractivity contribution in [3.05, 3.63) is 140 Å². The molecule has 192 valence electrons. The molecule has 0 radical (unpaired) electrons. The van der Waals surface area contributed by atoms with Gasteiger partial charge in [-0.15, -0.1) is 0 Å². The fraction of sp³-hybridized carbons (Fsp3) is 0. The van der Waals surface area contributed by atoms with Gasteiger partial charge in [0.15, 0.2) is 17.5 Å². The summed E-state index contributed by atoms with van der Waals surface area (Å²) in [6.45, 7) is 0. The molecule has 2 aromatic heterocycles. The van der Waals surface area contributed by atoms with Crippen LogP contribution in [0.25, 0.3) is 78.0 Å². The average Bonchev–Trinajstić information content (AvgIpc) is 3.43. The first-order valence-electron chi connectivity index (χ1n) is 13.6. The van der Waals surface area contributed by atoms with Gasteiger partial charge >= 0.3 is 0 Å². The van der Waals surface area contributed by atoms with Crippen LogP contribution < -0.4 is 0 Å². The maximum atomic E-state index is 6.38. The molecule has 0 saturated heterocycles. The minimum absolute atomic E-state index is 0.613. The topological polar surface area (TPSA) is 51.8 Å². The SMILES string of the molecule is c1ccc(-c2ccc3c(c2)oc2cccc(-c4nc(-c5ccccc5)nc(-c5ccc6ccccc6c5)n4)c23)cc1. The van der Waals surface area contributed by atoms with Crippen LogP contribution in [0.3, 0.4) is 0 Å². The number of nitrogens with zero attached hydrogens (tertiary/aromatic N) is 3. The van der Waals surface area contributed by atoms with E-state index in [0.29, 0.717) is 17.5 Å². The second kappa shape index (κ2) is 9.54. The molecule has 0 N–H and O–H groups in total. The maximum Gasteiger partial charge on any atom is 0.164 e. The van der Waals surface area contributed by atoms with Crippen LogP contribution in [0.2, 0.25) is 0 Å². The van der Waals surface area contributed by atoms with Gasteiger partial charge in [0.1, 0.15) is 11.2 Å². The third-order valence-electron chi connectivity index (χ3n) is 7.52. The molecule has 2 heterocycles. The summed E-state index contributed by atoms with van der Waals surface area (Å²) in [5, 5.41) is 4.35. The second-order valence-electron chi connectivity index (χ2n) is 10.1. The van der Waals surface area contributed by atoms with E-state index in [9.17, 15) is 0 Å². The predicted molar refractivity (Wildman–Crippen MR) is 166 cm³/mol. The zero-order valence-electron chi connectivity index (χ0n) is 22.0. The molecule has 0 unspecified atom stereocenters. The Labute approximate surface area is 236 Å². The molecule has 0 amide bonds. The summed E-state index contributed by atoms with van der Waals surface area (Å²) in [4.78, 5) is 15.0. The Morgan fingerprint density at radius 2 is 1.05 bits per heavy atom. The lowest BCUT2D eigenvalue weighted by molar-refractivity contribution is 0.669. The number of aromatic nitrogens is 3. The molecule has 4 heteroatoms. The van der Waals surface area contributed by atoms with E-state index in [0.717, 1.165) is 55.1 Å². The third-order valence-corrected chi connectivity index (χ3v) is 7.52. The van der Waals surface area contributed by atoms with Crippen LogP contribution in [0.5, 0.6) is 0 Å². The molecule has 0 saturated carbocycles. The molecule has 41 heavy (non-hydrogen) atoms. The first-order chi connectivity index (χ1) is 20.3. The van der Waals surface area contributed by atoms with Gasteiger partial charge < -0.3 is 4.42 Å². The molecule has 0 atom stereocenters. The minimum atomic E-state index is 0.613. The maximum absolute atomic E-state index is 6.38. The van der Waals surface area contributed by atoms with Crippen molar-refractivity contribution < 1.29 is 4.42 Å². The van der Waals surface area contributed by atoms with Crippen molar-refractivity contribution in [2.24, 2.45) is 0 Å². The van der Waals surface area contributed by atoms with Gasteiger partial charge in [0.05, 0.1) is 0 Å². The van der Waals surface area contributed by atoms with Gasteiger partial charge in [-0.25, -0.2) is 15.0 Å². The van der Waals surface area contributed by atoms with E-state index in [4.69, 9.17) is 19.4 Å². The lowest BCUT2D eigenvalue weighted by Gasteiger charge is -2.10. The molecule has 6 aromatic carbocycles. The number of benzene rings is 6. The summed E-state index contributed by atoms with van der Waals surface area (Å²) in [6, 6.07) is 47.5. The average molecular weight is 526 g/mol. The van der Waals surface area contributed by atoms with Crippen LogP contribution >= 0.6 is 0 Å². The molecule has 0 spiro atoms. The molecule has 0 bridgehead atoms. The molecular weight excluding hydrogens is 502 g/mol. The van der Waals surface area contributed by atoms with E-state index in [2.05, 4.69) is 84.9 Å². The summed E-state index contributed by atoms with van der Waals surface area (Å²) in [5.74, 6) is 1.88. The van der Waals surface area contributed by atoms with Crippen molar-refractivity contribution in [3.8, 4) is 45.3 Å². The van der Waals surface area contributed by atoms with Crippen molar-refractivity contribution in [1.29, 1.82) is 0 Å². The van der Waals surface area contributed by atoms with E-state index in [1.54, 1.807) is 0 Å². The highest BCUT2D eigenvalue weighted by Gasteiger charge is 2.18. The third kappa shape index (κ3) is 4.14. The summed E-state index contributed by atoms with van der Waals surface area (Å²) in [7, 11) is 0. The quantitative estimate of drug-likeness (QED) is 0.230. The summed E-state index contributed by atoms with van der Waals surface area (Å²) < 4.78 is 6.38. The monoisotopic (exact) mass is 525 g/mol. The summed E-state index contributed by atoms with van der Waals surface area (Å²) in [5.41, 5.74) is 6.70. The molecule has 0 fully saturated rings. The molecule has 0 aliphatic carbocycles. The van der Waals surface area contributed by atoms with Crippen LogP contribution in [0.4, 0.5) is 0 Å². The Morgan fingerprint density at radius 3 is 1.85 bits per heavy atom. The molecule has 0 aliphatic rings. The largest absolute Gasteiger partial charge is 0.456 e. The summed E-state index contributed by atoms with van der Waals surface area (Å²) in [6.07, 6.45) is 0. The molecule has 8 aromatic rings. The van der Waals surface area contributed by atoms with Gasteiger partial charge in [0.25, 0.3) is 0 Å². The van der Waals surface area contributed by atoms with Crippen LogP contribution in [0, 0.1) is 0 Å². The number of furan rings is 1. The minimum Gasteiger partial charge on any atom is -0.456 e. The van der Waals surface area contributed by atoms with Crippen molar-refractivity contribution in [2.75, 3.05) is 0 Å². The first kappa shape index (κ1) is 23.3. The van der Waals surface area contributed by atoms with E-state index in [1.807, 2.05) is 54.6 Å². The van der Waals surface area contributed by atoms with Gasteiger partial charge in [-0.05, 0) is 46.2 Å². The smallest absolute Gasteiger partial charge is 0.164 e. The molecule has 8 rings (SSSR count). The Bertz CT molecular complexity index is 2200. The van der Waals surface area contributed by atoms with Crippen molar-refractivity contribution in [3.63, 3.8) is 0 Å². The lowest BCUT2D eigenvalue weighted by atomic mass is 10.0. The van der Waals surface area contributed by atoms with E-state index in [-0.39, 0.29) is 0 Å². The Balaban J connectivity index is 1.35. The van der Waals surface area contributed by atoms with Gasteiger partial charge in [0, 0.05) is 27.5 Å².